The molecule has 1 rings (SSSR count). The van der Waals surface area contributed by atoms with Crippen LogP contribution in [0.4, 0.5) is 0 Å². The van der Waals surface area contributed by atoms with Gasteiger partial charge in [-0.15, -0.1) is 0 Å². The zero-order chi connectivity index (χ0) is 13.0. The quantitative estimate of drug-likeness (QED) is 0.510. The van der Waals surface area contributed by atoms with Crippen LogP contribution in [0.5, 0.6) is 0 Å². The first-order valence-corrected chi connectivity index (χ1v) is 4.60. The highest BCUT2D eigenvalue weighted by Crippen LogP contribution is 2.17. The van der Waals surface area contributed by atoms with E-state index in [2.05, 4.69) is 15.0 Å². The second kappa shape index (κ2) is 5.21. The Morgan fingerprint density at radius 3 is 2.53 bits per heavy atom. The predicted molar refractivity (Wildman–Crippen MR) is 55.7 cm³/mol. The second-order valence-electron chi connectivity index (χ2n) is 3.25. The van der Waals surface area contributed by atoms with Gasteiger partial charge in [-0.1, -0.05) is 0 Å². The lowest BCUT2D eigenvalue weighted by Gasteiger charge is -2.14. The van der Waals surface area contributed by atoms with E-state index in [1.807, 2.05) is 0 Å². The van der Waals surface area contributed by atoms with Crippen molar-refractivity contribution in [2.45, 2.75) is 19.1 Å². The van der Waals surface area contributed by atoms with Gasteiger partial charge in [0.25, 0.3) is 0 Å². The second-order valence-corrected chi connectivity index (χ2v) is 3.25. The highest BCUT2D eigenvalue weighted by molar-refractivity contribution is 6.34. The van der Waals surface area contributed by atoms with Crippen LogP contribution in [0.1, 0.15) is 18.7 Å². The van der Waals surface area contributed by atoms with Crippen LogP contribution in [-0.2, 0) is 9.59 Å². The van der Waals surface area contributed by atoms with Gasteiger partial charge in [-0.3, -0.25) is 4.99 Å². The summed E-state index contributed by atoms with van der Waals surface area (Å²) in [6.45, 7) is 1.15. The fourth-order valence-corrected chi connectivity index (χ4v) is 1.12. The minimum atomic E-state index is -1.59. The Hall–Kier alpha value is -2.22. The molecule has 8 heteroatoms. The van der Waals surface area contributed by atoms with Crippen LogP contribution in [0, 0.1) is 0 Å². The molecule has 1 heterocycles. The summed E-state index contributed by atoms with van der Waals surface area (Å²) in [6.07, 6.45) is 1.03. The third-order valence-electron chi connectivity index (χ3n) is 2.03. The number of aromatic nitrogens is 2. The maximum absolute atomic E-state index is 10.9. The van der Waals surface area contributed by atoms with E-state index in [9.17, 15) is 14.7 Å². The summed E-state index contributed by atoms with van der Waals surface area (Å²) < 4.78 is 0. The van der Waals surface area contributed by atoms with Gasteiger partial charge < -0.3 is 20.3 Å². The molecule has 0 aromatic carbocycles. The number of hydrogen-bond donors (Lipinski definition) is 4. The molecule has 0 saturated carbocycles. The molecule has 0 aliphatic heterocycles. The molecule has 8 nitrogen and oxygen atoms in total. The van der Waals surface area contributed by atoms with Gasteiger partial charge in [0.05, 0.1) is 18.2 Å². The monoisotopic (exact) mass is 241 g/mol. The molecule has 0 bridgehead atoms. The average molecular weight is 241 g/mol. The zero-order valence-electron chi connectivity index (χ0n) is 8.86. The van der Waals surface area contributed by atoms with Gasteiger partial charge in [0.15, 0.2) is 6.04 Å². The topological polar surface area (TPSA) is 136 Å². The molecule has 0 amide bonds. The van der Waals surface area contributed by atoms with Crippen molar-refractivity contribution in [1.82, 2.24) is 9.97 Å². The van der Waals surface area contributed by atoms with Gasteiger partial charge in [-0.2, -0.15) is 0 Å². The summed E-state index contributed by atoms with van der Waals surface area (Å²) in [6, 6.07) is -1.59. The van der Waals surface area contributed by atoms with E-state index in [-0.39, 0.29) is 5.69 Å². The van der Waals surface area contributed by atoms with E-state index in [0.29, 0.717) is 0 Å². The molecular weight excluding hydrogens is 230 g/mol. The van der Waals surface area contributed by atoms with E-state index in [4.69, 9.17) is 10.2 Å². The number of aliphatic hydroxyl groups is 1. The van der Waals surface area contributed by atoms with E-state index >= 15 is 0 Å². The standard InChI is InChI=1S/C9H11N3O5/c1-4(8(14)15)12-6(9(16)17)7(13)5-2-10-3-11-5/h2-3,6-7,13H,1H3,(H,10,11)(H,14,15)(H,16,17). The number of aliphatic hydroxyl groups excluding tert-OH is 1. The smallest absolute Gasteiger partial charge is 0.349 e. The number of carbonyl (C=O) groups is 2. The summed E-state index contributed by atoms with van der Waals surface area (Å²) >= 11 is 0. The lowest BCUT2D eigenvalue weighted by molar-refractivity contribution is -0.141. The Morgan fingerprint density at radius 2 is 2.12 bits per heavy atom. The first-order chi connectivity index (χ1) is 7.93. The van der Waals surface area contributed by atoms with Crippen LogP contribution in [0.25, 0.3) is 0 Å². The van der Waals surface area contributed by atoms with E-state index in [1.54, 1.807) is 0 Å². The Bertz CT molecular complexity index is 439. The summed E-state index contributed by atoms with van der Waals surface area (Å²) in [5.41, 5.74) is -0.240. The molecule has 0 radical (unpaired) electrons. The fraction of sp³-hybridized carbons (Fsp3) is 0.333. The van der Waals surface area contributed by atoms with Crippen molar-refractivity contribution in [3.63, 3.8) is 0 Å². The zero-order valence-corrected chi connectivity index (χ0v) is 8.86. The lowest BCUT2D eigenvalue weighted by atomic mass is 10.1. The average Bonchev–Trinajstić information content (AvgIpc) is 2.77. The van der Waals surface area contributed by atoms with Gasteiger partial charge in [0.1, 0.15) is 11.8 Å². The molecule has 0 fully saturated rings. The largest absolute Gasteiger partial charge is 0.480 e. The van der Waals surface area contributed by atoms with Crippen LogP contribution < -0.4 is 0 Å². The summed E-state index contributed by atoms with van der Waals surface area (Å²) in [4.78, 5) is 31.1. The van der Waals surface area contributed by atoms with E-state index in [0.717, 1.165) is 6.92 Å². The van der Waals surface area contributed by atoms with Crippen molar-refractivity contribution in [2.75, 3.05) is 0 Å². The van der Waals surface area contributed by atoms with Crippen LogP contribution in [0.2, 0.25) is 0 Å². The third kappa shape index (κ3) is 3.11. The van der Waals surface area contributed by atoms with Crippen LogP contribution in [-0.4, -0.2) is 49.0 Å². The van der Waals surface area contributed by atoms with Crippen LogP contribution in [0.3, 0.4) is 0 Å². The molecule has 2 unspecified atom stereocenters. The Kier molecular flexibility index (Phi) is 3.94. The number of aliphatic carboxylic acids is 2. The first kappa shape index (κ1) is 12.8. The lowest BCUT2D eigenvalue weighted by Crippen LogP contribution is -2.28. The minimum absolute atomic E-state index is 0.152. The molecule has 0 aliphatic rings. The molecule has 0 aliphatic carbocycles. The Balaban J connectivity index is 2.98. The van der Waals surface area contributed by atoms with Crippen molar-refractivity contribution in [3.05, 3.63) is 18.2 Å². The fourth-order valence-electron chi connectivity index (χ4n) is 1.12. The SMILES string of the molecule is CC(=NC(C(=O)O)C(O)c1cnc[nH]1)C(=O)O. The molecular formula is C9H11N3O5. The minimum Gasteiger partial charge on any atom is -0.480 e. The third-order valence-corrected chi connectivity index (χ3v) is 2.03. The highest BCUT2D eigenvalue weighted by Gasteiger charge is 2.29. The molecule has 1 aromatic heterocycles. The summed E-state index contributed by atoms with van der Waals surface area (Å²) in [7, 11) is 0. The van der Waals surface area contributed by atoms with Crippen LogP contribution >= 0.6 is 0 Å². The number of carboxylic acids is 2. The number of nitrogens with zero attached hydrogens (tertiary/aromatic N) is 2. The van der Waals surface area contributed by atoms with E-state index < -0.39 is 29.8 Å². The Morgan fingerprint density at radius 1 is 1.47 bits per heavy atom. The molecule has 0 spiro atoms. The molecule has 17 heavy (non-hydrogen) atoms. The van der Waals surface area contributed by atoms with Gasteiger partial charge in [-0.05, 0) is 6.92 Å². The van der Waals surface area contributed by atoms with Gasteiger partial charge >= 0.3 is 11.9 Å². The number of carboxylic acid groups (broad SMARTS) is 2. The van der Waals surface area contributed by atoms with Crippen molar-refractivity contribution in [3.8, 4) is 0 Å². The van der Waals surface area contributed by atoms with Gasteiger partial charge in [0, 0.05) is 0 Å². The molecule has 2 atom stereocenters. The number of rotatable bonds is 5. The summed E-state index contributed by atoms with van der Waals surface area (Å²) in [5.74, 6) is -2.76. The maximum atomic E-state index is 10.9. The van der Waals surface area contributed by atoms with Gasteiger partial charge in [-0.25, -0.2) is 14.6 Å². The number of aromatic amines is 1. The summed E-state index contributed by atoms with van der Waals surface area (Å²) in [5, 5.41) is 27.2. The molecule has 1 aromatic rings. The molecule has 92 valence electrons. The van der Waals surface area contributed by atoms with Crippen LogP contribution in [0.15, 0.2) is 17.5 Å². The molecule has 4 N–H and O–H groups in total. The maximum Gasteiger partial charge on any atom is 0.349 e. The number of imidazole rings is 1. The number of hydrogen-bond acceptors (Lipinski definition) is 5. The predicted octanol–water partition coefficient (Wildman–Crippen LogP) is -0.558. The molecule has 0 saturated heterocycles. The highest BCUT2D eigenvalue weighted by atomic mass is 16.4. The van der Waals surface area contributed by atoms with Crippen molar-refractivity contribution in [2.24, 2.45) is 4.99 Å². The van der Waals surface area contributed by atoms with Gasteiger partial charge in [0.2, 0.25) is 0 Å². The number of H-pyrrole nitrogens is 1. The van der Waals surface area contributed by atoms with E-state index in [1.165, 1.54) is 12.5 Å². The number of nitrogens with one attached hydrogen (secondary N) is 1. The van der Waals surface area contributed by atoms with Crippen molar-refractivity contribution in [1.29, 1.82) is 0 Å². The Labute approximate surface area is 95.7 Å². The van der Waals surface area contributed by atoms with Crippen molar-refractivity contribution >= 4 is 17.7 Å². The normalized spacial score (nSPS) is 15.3. The first-order valence-electron chi connectivity index (χ1n) is 4.60. The van der Waals surface area contributed by atoms with Crippen molar-refractivity contribution < 1.29 is 24.9 Å². The number of aliphatic imine (C=N–C) groups is 1.